The standard InChI is InChI=1S/C31H20ClN7O3S/c1-17-9-10-39(27(40)11-17)26-13-21(22-12-20(32)7-8-25(22)42-2)23(15-34-26)29(41)38-31-37-28-30(43-31)36-24(16-35-28)19-5-3-18(14-33)4-6-19/h3-13,15-16H,1-2H3,(H,35,37,38,41). The highest BCUT2D eigenvalue weighted by atomic mass is 35.5. The first-order chi connectivity index (χ1) is 20.8. The molecule has 0 fully saturated rings. The fourth-order valence-electron chi connectivity index (χ4n) is 4.43. The number of benzene rings is 2. The summed E-state index contributed by atoms with van der Waals surface area (Å²) in [5.74, 6) is 0.316. The Bertz CT molecular complexity index is 2140. The van der Waals surface area contributed by atoms with Crippen LogP contribution in [-0.2, 0) is 0 Å². The van der Waals surface area contributed by atoms with Crippen LogP contribution in [0.1, 0.15) is 21.5 Å². The summed E-state index contributed by atoms with van der Waals surface area (Å²) in [5.41, 5.74) is 4.10. The summed E-state index contributed by atoms with van der Waals surface area (Å²) >= 11 is 7.51. The number of carbonyl (C=O) groups excluding carboxylic acids is 1. The molecule has 0 aliphatic heterocycles. The Morgan fingerprint density at radius 1 is 1.02 bits per heavy atom. The number of ether oxygens (including phenoxy) is 1. The van der Waals surface area contributed by atoms with E-state index in [1.54, 1.807) is 67.0 Å². The number of hydrogen-bond donors (Lipinski definition) is 1. The quantitative estimate of drug-likeness (QED) is 0.242. The van der Waals surface area contributed by atoms with Crippen LogP contribution < -0.4 is 15.6 Å². The summed E-state index contributed by atoms with van der Waals surface area (Å²) in [5, 5.41) is 12.6. The largest absolute Gasteiger partial charge is 0.496 e. The number of anilines is 1. The predicted octanol–water partition coefficient (Wildman–Crippen LogP) is 6.06. The van der Waals surface area contributed by atoms with E-state index < -0.39 is 5.91 Å². The number of fused-ring (bicyclic) bond motifs is 1. The van der Waals surface area contributed by atoms with E-state index in [1.165, 1.54) is 35.3 Å². The highest BCUT2D eigenvalue weighted by Gasteiger charge is 2.21. The number of nitrogens with one attached hydrogen (secondary N) is 1. The Labute approximate surface area is 253 Å². The molecule has 0 saturated heterocycles. The van der Waals surface area contributed by atoms with Crippen molar-refractivity contribution >= 4 is 44.5 Å². The fraction of sp³-hybridized carbons (Fsp3) is 0.0645. The number of nitriles is 1. The Hall–Kier alpha value is -5.44. The van der Waals surface area contributed by atoms with E-state index in [0.717, 1.165) is 11.1 Å². The lowest BCUT2D eigenvalue weighted by Crippen LogP contribution is -2.19. The van der Waals surface area contributed by atoms with Crippen molar-refractivity contribution in [1.82, 2.24) is 24.5 Å². The van der Waals surface area contributed by atoms with Crippen molar-refractivity contribution in [2.75, 3.05) is 12.4 Å². The maximum Gasteiger partial charge on any atom is 0.259 e. The third-order valence-electron chi connectivity index (χ3n) is 6.56. The van der Waals surface area contributed by atoms with Crippen molar-refractivity contribution in [3.8, 4) is 40.0 Å². The van der Waals surface area contributed by atoms with Crippen LogP contribution in [0.25, 0.3) is 38.7 Å². The molecule has 0 atom stereocenters. The van der Waals surface area contributed by atoms with E-state index in [9.17, 15) is 9.59 Å². The molecular formula is C31H20ClN7O3S. The molecule has 0 aliphatic carbocycles. The molecule has 0 bridgehead atoms. The second kappa shape index (κ2) is 11.4. The van der Waals surface area contributed by atoms with Crippen molar-refractivity contribution < 1.29 is 9.53 Å². The third-order valence-corrected chi connectivity index (χ3v) is 7.65. The first-order valence-electron chi connectivity index (χ1n) is 12.8. The SMILES string of the molecule is COc1ccc(Cl)cc1-c1cc(-n2ccc(C)cc2=O)ncc1C(=O)Nc1nc2ncc(-c3ccc(C#N)cc3)nc2s1. The number of aromatic nitrogens is 5. The van der Waals surface area contributed by atoms with Gasteiger partial charge in [0.2, 0.25) is 0 Å². The van der Waals surface area contributed by atoms with Gasteiger partial charge in [-0.1, -0.05) is 35.1 Å². The second-order valence-corrected chi connectivity index (χ2v) is 10.8. The van der Waals surface area contributed by atoms with Crippen LogP contribution >= 0.6 is 22.9 Å². The number of halogens is 1. The van der Waals surface area contributed by atoms with E-state index in [4.69, 9.17) is 21.6 Å². The third kappa shape index (κ3) is 5.57. The molecule has 0 saturated carbocycles. The summed E-state index contributed by atoms with van der Waals surface area (Å²) in [6.45, 7) is 1.83. The first-order valence-corrected chi connectivity index (χ1v) is 14.0. The van der Waals surface area contributed by atoms with Crippen LogP contribution in [0, 0.1) is 18.3 Å². The van der Waals surface area contributed by atoms with Gasteiger partial charge in [0.15, 0.2) is 15.6 Å². The molecule has 2 aromatic carbocycles. The molecule has 4 aromatic heterocycles. The molecule has 1 N–H and O–H groups in total. The number of nitrogens with zero attached hydrogens (tertiary/aromatic N) is 6. The Morgan fingerprint density at radius 2 is 1.84 bits per heavy atom. The molecule has 210 valence electrons. The molecule has 12 heteroatoms. The number of thiazole rings is 1. The first kappa shape index (κ1) is 27.7. The van der Waals surface area contributed by atoms with Crippen LogP contribution in [0.4, 0.5) is 5.13 Å². The molecule has 1 amide bonds. The van der Waals surface area contributed by atoms with Gasteiger partial charge in [0, 0.05) is 40.2 Å². The zero-order chi connectivity index (χ0) is 30.1. The lowest BCUT2D eigenvalue weighted by molar-refractivity contribution is 0.102. The Kier molecular flexibility index (Phi) is 7.38. The Balaban J connectivity index is 1.38. The van der Waals surface area contributed by atoms with E-state index in [-0.39, 0.29) is 11.1 Å². The lowest BCUT2D eigenvalue weighted by Gasteiger charge is -2.15. The molecule has 0 aliphatic rings. The van der Waals surface area contributed by atoms with Crippen molar-refractivity contribution in [3.63, 3.8) is 0 Å². The number of pyridine rings is 2. The fourth-order valence-corrected chi connectivity index (χ4v) is 5.40. The molecule has 0 unspecified atom stereocenters. The number of rotatable bonds is 6. The predicted molar refractivity (Wildman–Crippen MR) is 165 cm³/mol. The average molecular weight is 606 g/mol. The number of amides is 1. The molecule has 43 heavy (non-hydrogen) atoms. The van der Waals surface area contributed by atoms with Gasteiger partial charge in [0.05, 0.1) is 36.2 Å². The molecule has 6 rings (SSSR count). The van der Waals surface area contributed by atoms with E-state index in [1.807, 2.05) is 6.92 Å². The van der Waals surface area contributed by atoms with Gasteiger partial charge in [-0.2, -0.15) is 10.2 Å². The average Bonchev–Trinajstić information content (AvgIpc) is 3.42. The number of methoxy groups -OCH3 is 1. The highest BCUT2D eigenvalue weighted by molar-refractivity contribution is 7.21. The van der Waals surface area contributed by atoms with Gasteiger partial charge < -0.3 is 4.74 Å². The van der Waals surface area contributed by atoms with Gasteiger partial charge in [-0.15, -0.1) is 0 Å². The maximum absolute atomic E-state index is 13.7. The van der Waals surface area contributed by atoms with Crippen LogP contribution in [0.15, 0.2) is 84.0 Å². The van der Waals surface area contributed by atoms with Crippen LogP contribution in [0.3, 0.4) is 0 Å². The normalized spacial score (nSPS) is 10.8. The topological polar surface area (TPSA) is 136 Å². The number of carbonyl (C=O) groups is 1. The van der Waals surface area contributed by atoms with Crippen molar-refractivity contribution in [2.45, 2.75) is 6.92 Å². The van der Waals surface area contributed by atoms with E-state index in [2.05, 4.69) is 31.3 Å². The molecule has 6 aromatic rings. The molecule has 0 spiro atoms. The van der Waals surface area contributed by atoms with E-state index >= 15 is 0 Å². The summed E-state index contributed by atoms with van der Waals surface area (Å²) in [6.07, 6.45) is 4.62. The van der Waals surface area contributed by atoms with E-state index in [0.29, 0.717) is 54.6 Å². The zero-order valence-corrected chi connectivity index (χ0v) is 24.3. The minimum atomic E-state index is -0.487. The minimum absolute atomic E-state index is 0.211. The summed E-state index contributed by atoms with van der Waals surface area (Å²) < 4.78 is 6.97. The maximum atomic E-state index is 13.7. The Morgan fingerprint density at radius 3 is 2.58 bits per heavy atom. The minimum Gasteiger partial charge on any atom is -0.496 e. The van der Waals surface area contributed by atoms with Gasteiger partial charge >= 0.3 is 0 Å². The van der Waals surface area contributed by atoms with Gasteiger partial charge in [0.1, 0.15) is 11.6 Å². The molecular weight excluding hydrogens is 586 g/mol. The van der Waals surface area contributed by atoms with Crippen molar-refractivity contribution in [1.29, 1.82) is 5.26 Å². The number of hydrogen-bond acceptors (Lipinski definition) is 9. The van der Waals surface area contributed by atoms with Crippen LogP contribution in [0.5, 0.6) is 5.75 Å². The second-order valence-electron chi connectivity index (χ2n) is 9.39. The van der Waals surface area contributed by atoms with Gasteiger partial charge in [-0.25, -0.2) is 15.0 Å². The molecule has 4 heterocycles. The zero-order valence-electron chi connectivity index (χ0n) is 22.7. The monoisotopic (exact) mass is 605 g/mol. The smallest absolute Gasteiger partial charge is 0.259 e. The van der Waals surface area contributed by atoms with Crippen LogP contribution in [-0.4, -0.2) is 37.5 Å². The van der Waals surface area contributed by atoms with Crippen molar-refractivity contribution in [3.05, 3.63) is 111 Å². The number of aryl methyl sites for hydroxylation is 1. The summed E-state index contributed by atoms with van der Waals surface area (Å²) in [6, 6.07) is 19.1. The van der Waals surface area contributed by atoms with Crippen LogP contribution in [0.2, 0.25) is 5.02 Å². The van der Waals surface area contributed by atoms with Gasteiger partial charge in [-0.3, -0.25) is 19.5 Å². The summed E-state index contributed by atoms with van der Waals surface area (Å²) in [4.78, 5) is 44.8. The molecule has 0 radical (unpaired) electrons. The summed E-state index contributed by atoms with van der Waals surface area (Å²) in [7, 11) is 1.52. The molecule has 10 nitrogen and oxygen atoms in total. The van der Waals surface area contributed by atoms with Crippen molar-refractivity contribution in [2.24, 2.45) is 0 Å². The van der Waals surface area contributed by atoms with Gasteiger partial charge in [-0.05, 0) is 55.0 Å². The lowest BCUT2D eigenvalue weighted by atomic mass is 9.99. The highest BCUT2D eigenvalue weighted by Crippen LogP contribution is 2.36. The van der Waals surface area contributed by atoms with Gasteiger partial charge in [0.25, 0.3) is 11.5 Å².